The lowest BCUT2D eigenvalue weighted by atomic mass is 9.93. The minimum absolute atomic E-state index is 0.208. The maximum absolute atomic E-state index is 12.7. The number of amides is 1. The molecule has 0 aliphatic heterocycles. The Morgan fingerprint density at radius 1 is 0.944 bits per heavy atom. The number of sulfone groups is 1. The van der Waals surface area contributed by atoms with Gasteiger partial charge >= 0.3 is 5.97 Å². The molecule has 8 nitrogen and oxygen atoms in total. The van der Waals surface area contributed by atoms with Gasteiger partial charge in [0.15, 0.2) is 0 Å². The Kier molecular flexibility index (Phi) is 7.42. The van der Waals surface area contributed by atoms with E-state index in [0.717, 1.165) is 11.1 Å². The van der Waals surface area contributed by atoms with Crippen LogP contribution in [0, 0.1) is 11.3 Å². The van der Waals surface area contributed by atoms with Crippen molar-refractivity contribution in [3.05, 3.63) is 90.0 Å². The Bertz CT molecular complexity index is 1320. The summed E-state index contributed by atoms with van der Waals surface area (Å²) >= 11 is 0. The zero-order valence-electron chi connectivity index (χ0n) is 19.7. The van der Waals surface area contributed by atoms with Crippen LogP contribution in [-0.2, 0) is 37.2 Å². The Hall–Kier alpha value is -3.69. The van der Waals surface area contributed by atoms with Gasteiger partial charge in [0.25, 0.3) is 0 Å². The highest BCUT2D eigenvalue weighted by Gasteiger charge is 2.64. The van der Waals surface area contributed by atoms with E-state index in [1.165, 1.54) is 0 Å². The summed E-state index contributed by atoms with van der Waals surface area (Å²) in [6.07, 6.45) is 0.619. The number of esters is 1. The molecular weight excluding hydrogens is 482 g/mol. The molecule has 0 heterocycles. The molecule has 2 unspecified atom stereocenters. The molecule has 2 atom stereocenters. The number of carbonyl (C=O) groups is 2. The lowest BCUT2D eigenvalue weighted by molar-refractivity contribution is -0.152. The van der Waals surface area contributed by atoms with Crippen molar-refractivity contribution in [2.75, 3.05) is 6.61 Å². The van der Waals surface area contributed by atoms with Crippen molar-refractivity contribution in [2.24, 2.45) is 11.3 Å². The van der Waals surface area contributed by atoms with Gasteiger partial charge in [0.05, 0.1) is 27.7 Å². The quantitative estimate of drug-likeness (QED) is 0.243. The van der Waals surface area contributed by atoms with Crippen LogP contribution in [0.15, 0.2) is 88.7 Å². The van der Waals surface area contributed by atoms with Gasteiger partial charge in [-0.3, -0.25) is 14.8 Å². The third kappa shape index (κ3) is 5.27. The van der Waals surface area contributed by atoms with Gasteiger partial charge in [0.2, 0.25) is 15.7 Å². The SMILES string of the molecule is CCOC(=O)C1(Cc2ccc(OCc3ccc(S(=O)(=O)c4ccccc4)cc3)cc2)CC1C(=O)NO. The fourth-order valence-electron chi connectivity index (χ4n) is 4.23. The predicted molar refractivity (Wildman–Crippen MR) is 130 cm³/mol. The molecule has 1 aliphatic rings. The molecule has 0 radical (unpaired) electrons. The van der Waals surface area contributed by atoms with Gasteiger partial charge in [-0.15, -0.1) is 0 Å². The molecule has 9 heteroatoms. The topological polar surface area (TPSA) is 119 Å². The van der Waals surface area contributed by atoms with E-state index < -0.39 is 33.0 Å². The number of ether oxygens (including phenoxy) is 2. The van der Waals surface area contributed by atoms with Crippen LogP contribution in [0.3, 0.4) is 0 Å². The first-order valence-electron chi connectivity index (χ1n) is 11.5. The van der Waals surface area contributed by atoms with Crippen LogP contribution < -0.4 is 10.2 Å². The highest BCUT2D eigenvalue weighted by molar-refractivity contribution is 7.91. The molecule has 1 amide bonds. The molecule has 36 heavy (non-hydrogen) atoms. The molecular formula is C27H27NO7S. The average Bonchev–Trinajstić information content (AvgIpc) is 3.64. The van der Waals surface area contributed by atoms with Crippen LogP contribution in [0.4, 0.5) is 0 Å². The number of carbonyl (C=O) groups excluding carboxylic acids is 2. The van der Waals surface area contributed by atoms with Gasteiger partial charge in [0.1, 0.15) is 12.4 Å². The van der Waals surface area contributed by atoms with E-state index in [4.69, 9.17) is 14.7 Å². The summed E-state index contributed by atoms with van der Waals surface area (Å²) in [4.78, 5) is 24.9. The highest BCUT2D eigenvalue weighted by Crippen LogP contribution is 2.56. The van der Waals surface area contributed by atoms with Crippen molar-refractivity contribution in [1.29, 1.82) is 0 Å². The fourth-order valence-corrected chi connectivity index (χ4v) is 5.51. The van der Waals surface area contributed by atoms with Crippen LogP contribution in [0.2, 0.25) is 0 Å². The zero-order chi connectivity index (χ0) is 25.8. The Labute approximate surface area is 209 Å². The van der Waals surface area contributed by atoms with Gasteiger partial charge in [-0.25, -0.2) is 13.9 Å². The van der Waals surface area contributed by atoms with Crippen molar-refractivity contribution in [3.8, 4) is 5.75 Å². The Balaban J connectivity index is 1.38. The largest absolute Gasteiger partial charge is 0.489 e. The van der Waals surface area contributed by atoms with Crippen LogP contribution in [0.1, 0.15) is 24.5 Å². The number of rotatable bonds is 10. The van der Waals surface area contributed by atoms with Gasteiger partial charge in [-0.05, 0) is 67.3 Å². The first-order valence-corrected chi connectivity index (χ1v) is 13.0. The normalized spacial score (nSPS) is 18.8. The molecule has 0 bridgehead atoms. The van der Waals surface area contributed by atoms with Crippen LogP contribution >= 0.6 is 0 Å². The summed E-state index contributed by atoms with van der Waals surface area (Å²) in [6.45, 7) is 2.16. The average molecular weight is 510 g/mol. The first kappa shape index (κ1) is 25.4. The molecule has 3 aromatic rings. The third-order valence-corrected chi connectivity index (χ3v) is 8.11. The molecule has 0 saturated heterocycles. The van der Waals surface area contributed by atoms with Crippen molar-refractivity contribution in [1.82, 2.24) is 5.48 Å². The summed E-state index contributed by atoms with van der Waals surface area (Å²) in [6, 6.07) is 22.0. The Morgan fingerprint density at radius 2 is 1.56 bits per heavy atom. The minimum atomic E-state index is -3.57. The first-order chi connectivity index (χ1) is 17.3. The van der Waals surface area contributed by atoms with Crippen LogP contribution in [0.5, 0.6) is 5.75 Å². The van der Waals surface area contributed by atoms with E-state index in [9.17, 15) is 18.0 Å². The maximum atomic E-state index is 12.7. The summed E-state index contributed by atoms with van der Waals surface area (Å²) in [5, 5.41) is 8.95. The van der Waals surface area contributed by atoms with Crippen molar-refractivity contribution in [3.63, 3.8) is 0 Å². The number of hydroxylamine groups is 1. The zero-order valence-corrected chi connectivity index (χ0v) is 20.5. The van der Waals surface area contributed by atoms with E-state index in [1.54, 1.807) is 79.1 Å². The van der Waals surface area contributed by atoms with E-state index in [0.29, 0.717) is 18.6 Å². The van der Waals surface area contributed by atoms with Gasteiger partial charge in [-0.1, -0.05) is 42.5 Å². The number of hydrogen-bond acceptors (Lipinski definition) is 7. The predicted octanol–water partition coefficient (Wildman–Crippen LogP) is 3.72. The lowest BCUT2D eigenvalue weighted by Gasteiger charge is -2.16. The minimum Gasteiger partial charge on any atom is -0.489 e. The molecule has 3 aromatic carbocycles. The number of benzene rings is 3. The van der Waals surface area contributed by atoms with E-state index in [1.807, 2.05) is 12.1 Å². The molecule has 1 aliphatic carbocycles. The smallest absolute Gasteiger partial charge is 0.313 e. The molecule has 188 valence electrons. The summed E-state index contributed by atoms with van der Waals surface area (Å²) in [5.74, 6) is -1.07. The van der Waals surface area contributed by atoms with Gasteiger partial charge in [0, 0.05) is 0 Å². The standard InChI is InChI=1S/C27H27NO7S/c1-2-34-26(30)27(17-24(27)25(29)28-31)16-19-8-12-21(13-9-19)35-18-20-10-14-23(15-11-20)36(32,33)22-6-4-3-5-7-22/h3-15,24,31H,2,16-18H2,1H3,(H,28,29). The summed E-state index contributed by atoms with van der Waals surface area (Å²) < 4.78 is 36.4. The van der Waals surface area contributed by atoms with Gasteiger partial charge < -0.3 is 9.47 Å². The van der Waals surface area contributed by atoms with E-state index in [-0.39, 0.29) is 23.0 Å². The third-order valence-electron chi connectivity index (χ3n) is 6.32. The second-order valence-corrected chi connectivity index (χ2v) is 10.6. The summed E-state index contributed by atoms with van der Waals surface area (Å²) in [7, 11) is -3.57. The molecule has 1 fully saturated rings. The Morgan fingerprint density at radius 3 is 2.17 bits per heavy atom. The van der Waals surface area contributed by atoms with Crippen molar-refractivity contribution < 1.29 is 32.7 Å². The maximum Gasteiger partial charge on any atom is 0.313 e. The van der Waals surface area contributed by atoms with Crippen molar-refractivity contribution in [2.45, 2.75) is 36.2 Å². The van der Waals surface area contributed by atoms with Crippen molar-refractivity contribution >= 4 is 21.7 Å². The highest BCUT2D eigenvalue weighted by atomic mass is 32.2. The monoisotopic (exact) mass is 509 g/mol. The van der Waals surface area contributed by atoms with Crippen LogP contribution in [0.25, 0.3) is 0 Å². The van der Waals surface area contributed by atoms with E-state index >= 15 is 0 Å². The lowest BCUT2D eigenvalue weighted by Crippen LogP contribution is -2.30. The van der Waals surface area contributed by atoms with E-state index in [2.05, 4.69) is 0 Å². The summed E-state index contributed by atoms with van der Waals surface area (Å²) in [5.41, 5.74) is 2.29. The fraction of sp³-hybridized carbons (Fsp3) is 0.259. The second-order valence-electron chi connectivity index (χ2n) is 8.68. The number of hydrogen-bond donors (Lipinski definition) is 2. The van der Waals surface area contributed by atoms with Crippen LogP contribution in [-0.4, -0.2) is 32.1 Å². The molecule has 4 rings (SSSR count). The van der Waals surface area contributed by atoms with Gasteiger partial charge in [-0.2, -0.15) is 0 Å². The number of nitrogens with one attached hydrogen (secondary N) is 1. The molecule has 2 N–H and O–H groups in total. The second kappa shape index (κ2) is 10.5. The molecule has 0 aromatic heterocycles. The molecule has 1 saturated carbocycles. The molecule has 0 spiro atoms.